The lowest BCUT2D eigenvalue weighted by molar-refractivity contribution is -0.149. The Kier molecular flexibility index (Phi) is 5.35. The summed E-state index contributed by atoms with van der Waals surface area (Å²) in [4.78, 5) is 16.5. The Hall–Kier alpha value is -0.650. The van der Waals surface area contributed by atoms with Gasteiger partial charge in [0.2, 0.25) is 0 Å². The number of nitrogens with two attached hydrogens (primary N) is 1. The third-order valence-corrected chi connectivity index (χ3v) is 4.08. The maximum absolute atomic E-state index is 11.7. The largest absolute Gasteiger partial charge is 0.465 e. The molecule has 0 spiro atoms. The van der Waals surface area contributed by atoms with Crippen LogP contribution in [0.5, 0.6) is 0 Å². The molecule has 19 heavy (non-hydrogen) atoms. The molecule has 0 aromatic carbocycles. The van der Waals surface area contributed by atoms with Crippen LogP contribution in [0.1, 0.15) is 34.1 Å². The molecule has 5 heteroatoms. The van der Waals surface area contributed by atoms with Gasteiger partial charge in [-0.25, -0.2) is 0 Å². The number of carbonyl (C=O) groups is 1. The van der Waals surface area contributed by atoms with E-state index in [9.17, 15) is 4.79 Å². The number of piperazine rings is 1. The van der Waals surface area contributed by atoms with E-state index in [2.05, 4.69) is 30.7 Å². The van der Waals surface area contributed by atoms with E-state index in [1.54, 1.807) is 13.8 Å². The molecule has 1 saturated heterocycles. The maximum atomic E-state index is 11.7. The van der Waals surface area contributed by atoms with Crippen molar-refractivity contribution in [2.75, 3.05) is 39.8 Å². The average molecular weight is 271 g/mol. The van der Waals surface area contributed by atoms with Gasteiger partial charge in [-0.3, -0.25) is 9.69 Å². The van der Waals surface area contributed by atoms with E-state index in [1.165, 1.54) is 0 Å². The van der Waals surface area contributed by atoms with E-state index in [4.69, 9.17) is 10.5 Å². The molecule has 1 rings (SSSR count). The minimum atomic E-state index is -0.885. The van der Waals surface area contributed by atoms with E-state index in [0.717, 1.165) is 26.2 Å². The molecule has 1 aliphatic rings. The van der Waals surface area contributed by atoms with Gasteiger partial charge in [0, 0.05) is 31.7 Å². The van der Waals surface area contributed by atoms with Crippen molar-refractivity contribution in [1.82, 2.24) is 9.80 Å². The van der Waals surface area contributed by atoms with Gasteiger partial charge in [-0.2, -0.15) is 0 Å². The highest BCUT2D eigenvalue weighted by atomic mass is 16.5. The third-order valence-electron chi connectivity index (χ3n) is 4.08. The van der Waals surface area contributed by atoms with Gasteiger partial charge in [-0.1, -0.05) is 0 Å². The fourth-order valence-corrected chi connectivity index (χ4v) is 2.32. The number of carbonyl (C=O) groups excluding carboxylic acids is 1. The maximum Gasteiger partial charge on any atom is 0.325 e. The molecule has 5 nitrogen and oxygen atoms in total. The Morgan fingerprint density at radius 2 is 2.05 bits per heavy atom. The minimum absolute atomic E-state index is 0.174. The summed E-state index contributed by atoms with van der Waals surface area (Å²) in [6.45, 7) is 12.3. The van der Waals surface area contributed by atoms with Crippen molar-refractivity contribution in [1.29, 1.82) is 0 Å². The smallest absolute Gasteiger partial charge is 0.325 e. The van der Waals surface area contributed by atoms with Gasteiger partial charge in [0.15, 0.2) is 0 Å². The Labute approximate surface area is 117 Å². The zero-order valence-electron chi connectivity index (χ0n) is 13.0. The Balaban J connectivity index is 2.46. The van der Waals surface area contributed by atoms with Crippen molar-refractivity contribution in [3.05, 3.63) is 0 Å². The van der Waals surface area contributed by atoms with Crippen LogP contribution in [0.4, 0.5) is 0 Å². The van der Waals surface area contributed by atoms with Gasteiger partial charge < -0.3 is 15.4 Å². The molecular weight excluding hydrogens is 242 g/mol. The predicted molar refractivity (Wildman–Crippen MR) is 77.0 cm³/mol. The van der Waals surface area contributed by atoms with Crippen LogP contribution in [0.15, 0.2) is 0 Å². The summed E-state index contributed by atoms with van der Waals surface area (Å²) in [5.41, 5.74) is 5.34. The van der Waals surface area contributed by atoms with Crippen molar-refractivity contribution in [3.63, 3.8) is 0 Å². The van der Waals surface area contributed by atoms with Crippen LogP contribution in [-0.2, 0) is 9.53 Å². The number of nitrogens with zero attached hydrogens (tertiary/aromatic N) is 2. The summed E-state index contributed by atoms with van der Waals surface area (Å²) in [5.74, 6) is -0.302. The second kappa shape index (κ2) is 6.20. The zero-order valence-corrected chi connectivity index (χ0v) is 13.0. The molecule has 1 atom stereocenters. The molecule has 0 bridgehead atoms. The Morgan fingerprint density at radius 1 is 1.42 bits per heavy atom. The lowest BCUT2D eigenvalue weighted by Crippen LogP contribution is -2.58. The number of hydrogen-bond acceptors (Lipinski definition) is 5. The normalized spacial score (nSPS) is 23.9. The predicted octanol–water partition coefficient (Wildman–Crippen LogP) is 0.683. The molecule has 1 unspecified atom stereocenters. The first-order chi connectivity index (χ1) is 8.69. The standard InChI is InChI=1S/C14H29N3O2/c1-6-19-12(18)14(4,15)7-8-17-10-9-16(5)13(2,3)11-17/h6-11,15H2,1-5H3. The number of esters is 1. The SMILES string of the molecule is CCOC(=O)C(C)(N)CCN1CCN(C)C(C)(C)C1. The number of hydrogen-bond donors (Lipinski definition) is 1. The molecule has 1 heterocycles. The molecule has 0 radical (unpaired) electrons. The number of ether oxygens (including phenoxy) is 1. The fraction of sp³-hybridized carbons (Fsp3) is 0.929. The molecule has 0 amide bonds. The monoisotopic (exact) mass is 271 g/mol. The van der Waals surface area contributed by atoms with Gasteiger partial charge in [0.05, 0.1) is 6.61 Å². The quantitative estimate of drug-likeness (QED) is 0.745. The molecule has 1 aliphatic heterocycles. The van der Waals surface area contributed by atoms with E-state index in [1.807, 2.05) is 0 Å². The molecule has 0 aliphatic carbocycles. The highest BCUT2D eigenvalue weighted by Gasteiger charge is 2.34. The minimum Gasteiger partial charge on any atom is -0.465 e. The van der Waals surface area contributed by atoms with Crippen LogP contribution < -0.4 is 5.73 Å². The van der Waals surface area contributed by atoms with Crippen molar-refractivity contribution < 1.29 is 9.53 Å². The van der Waals surface area contributed by atoms with Gasteiger partial charge in [0.1, 0.15) is 5.54 Å². The van der Waals surface area contributed by atoms with Crippen LogP contribution in [-0.4, -0.2) is 66.7 Å². The van der Waals surface area contributed by atoms with Crippen LogP contribution in [0.2, 0.25) is 0 Å². The second-order valence-electron chi connectivity index (χ2n) is 6.40. The van der Waals surface area contributed by atoms with Gasteiger partial charge in [-0.05, 0) is 41.2 Å². The van der Waals surface area contributed by atoms with Crippen molar-refractivity contribution in [2.45, 2.75) is 45.2 Å². The summed E-state index contributed by atoms with van der Waals surface area (Å²) >= 11 is 0. The van der Waals surface area contributed by atoms with E-state index in [-0.39, 0.29) is 11.5 Å². The molecule has 0 aromatic heterocycles. The highest BCUT2D eigenvalue weighted by molar-refractivity contribution is 5.79. The van der Waals surface area contributed by atoms with Gasteiger partial charge in [-0.15, -0.1) is 0 Å². The summed E-state index contributed by atoms with van der Waals surface area (Å²) in [7, 11) is 2.16. The van der Waals surface area contributed by atoms with Crippen LogP contribution in [0.25, 0.3) is 0 Å². The van der Waals surface area contributed by atoms with Crippen molar-refractivity contribution >= 4 is 5.97 Å². The molecule has 0 saturated carbocycles. The lowest BCUT2D eigenvalue weighted by Gasteiger charge is -2.45. The topological polar surface area (TPSA) is 58.8 Å². The molecule has 2 N–H and O–H groups in total. The first kappa shape index (κ1) is 16.4. The first-order valence-corrected chi connectivity index (χ1v) is 7.09. The van der Waals surface area contributed by atoms with Crippen molar-refractivity contribution in [2.24, 2.45) is 5.73 Å². The summed E-state index contributed by atoms with van der Waals surface area (Å²) in [6.07, 6.45) is 0.631. The van der Waals surface area contributed by atoms with E-state index in [0.29, 0.717) is 13.0 Å². The Morgan fingerprint density at radius 3 is 2.58 bits per heavy atom. The zero-order chi connectivity index (χ0) is 14.7. The molecular formula is C14H29N3O2. The highest BCUT2D eigenvalue weighted by Crippen LogP contribution is 2.20. The van der Waals surface area contributed by atoms with E-state index >= 15 is 0 Å². The van der Waals surface area contributed by atoms with Crippen LogP contribution in [0, 0.1) is 0 Å². The first-order valence-electron chi connectivity index (χ1n) is 7.09. The lowest BCUT2D eigenvalue weighted by atomic mass is 9.96. The summed E-state index contributed by atoms with van der Waals surface area (Å²) in [6, 6.07) is 0. The average Bonchev–Trinajstić information content (AvgIpc) is 2.31. The third kappa shape index (κ3) is 4.44. The van der Waals surface area contributed by atoms with Crippen molar-refractivity contribution in [3.8, 4) is 0 Å². The van der Waals surface area contributed by atoms with Crippen LogP contribution in [0.3, 0.4) is 0 Å². The van der Waals surface area contributed by atoms with Gasteiger partial charge >= 0.3 is 5.97 Å². The van der Waals surface area contributed by atoms with Crippen LogP contribution >= 0.6 is 0 Å². The molecule has 112 valence electrons. The second-order valence-corrected chi connectivity index (χ2v) is 6.40. The fourth-order valence-electron chi connectivity index (χ4n) is 2.32. The summed E-state index contributed by atoms with van der Waals surface area (Å²) < 4.78 is 5.01. The number of rotatable bonds is 5. The Bertz CT molecular complexity index is 316. The number of likely N-dealkylation sites (N-methyl/N-ethyl adjacent to an activating group) is 1. The molecule has 0 aromatic rings. The summed E-state index contributed by atoms with van der Waals surface area (Å²) in [5, 5.41) is 0. The molecule has 1 fully saturated rings. The van der Waals surface area contributed by atoms with E-state index < -0.39 is 5.54 Å². The van der Waals surface area contributed by atoms with Gasteiger partial charge in [0.25, 0.3) is 0 Å².